The minimum atomic E-state index is -3.72. The molecule has 0 radical (unpaired) electrons. The maximum absolute atomic E-state index is 12.9. The summed E-state index contributed by atoms with van der Waals surface area (Å²) in [6, 6.07) is 13.4. The lowest BCUT2D eigenvalue weighted by molar-refractivity contribution is 0.0949. The van der Waals surface area contributed by atoms with Crippen LogP contribution in [-0.4, -0.2) is 34.0 Å². The number of piperidine rings is 1. The van der Waals surface area contributed by atoms with Gasteiger partial charge in [-0.15, -0.1) is 0 Å². The van der Waals surface area contributed by atoms with Gasteiger partial charge in [-0.1, -0.05) is 39.0 Å². The Morgan fingerprint density at radius 1 is 1.10 bits per heavy atom. The predicted molar refractivity (Wildman–Crippen MR) is 121 cm³/mol. The Labute approximate surface area is 179 Å². The standard InChI is InChI=1S/C23H31N3O3S/c1-17(2)16-24-23(27)21-15-19(25-30(28,29)20-7-5-4-6-8-20)9-10-22(21)26-13-11-18(3)12-14-26/h4-10,15,17-18,25H,11-14,16H2,1-3H3,(H,24,27). The average molecular weight is 430 g/mol. The van der Waals surface area contributed by atoms with E-state index in [9.17, 15) is 13.2 Å². The van der Waals surface area contributed by atoms with Gasteiger partial charge in [0, 0.05) is 31.0 Å². The van der Waals surface area contributed by atoms with E-state index in [4.69, 9.17) is 0 Å². The van der Waals surface area contributed by atoms with E-state index >= 15 is 0 Å². The molecule has 7 heteroatoms. The fourth-order valence-electron chi connectivity index (χ4n) is 3.51. The van der Waals surface area contributed by atoms with E-state index in [1.807, 2.05) is 19.9 Å². The van der Waals surface area contributed by atoms with E-state index in [0.717, 1.165) is 31.6 Å². The average Bonchev–Trinajstić information content (AvgIpc) is 2.73. The second-order valence-corrected chi connectivity index (χ2v) is 10.1. The zero-order chi connectivity index (χ0) is 21.7. The molecule has 6 nitrogen and oxygen atoms in total. The monoisotopic (exact) mass is 429 g/mol. The molecular formula is C23H31N3O3S. The molecule has 1 fully saturated rings. The molecule has 0 spiro atoms. The van der Waals surface area contributed by atoms with Crippen molar-refractivity contribution in [3.05, 3.63) is 54.1 Å². The number of nitrogens with one attached hydrogen (secondary N) is 2. The number of hydrogen-bond acceptors (Lipinski definition) is 4. The molecule has 1 aliphatic heterocycles. The summed E-state index contributed by atoms with van der Waals surface area (Å²) in [6.07, 6.45) is 2.16. The molecule has 0 unspecified atom stereocenters. The van der Waals surface area contributed by atoms with Gasteiger partial charge in [-0.05, 0) is 55.0 Å². The highest BCUT2D eigenvalue weighted by Crippen LogP contribution is 2.29. The molecule has 1 saturated heterocycles. The third-order valence-corrected chi connectivity index (χ3v) is 6.74. The predicted octanol–water partition coefficient (Wildman–Crippen LogP) is 4.11. The first kappa shape index (κ1) is 22.2. The van der Waals surface area contributed by atoms with Gasteiger partial charge >= 0.3 is 0 Å². The Morgan fingerprint density at radius 3 is 2.40 bits per heavy atom. The number of rotatable bonds is 7. The first-order valence-electron chi connectivity index (χ1n) is 10.5. The Balaban J connectivity index is 1.90. The summed E-state index contributed by atoms with van der Waals surface area (Å²) < 4.78 is 28.0. The summed E-state index contributed by atoms with van der Waals surface area (Å²) >= 11 is 0. The first-order chi connectivity index (χ1) is 14.3. The van der Waals surface area contributed by atoms with Gasteiger partial charge in [-0.3, -0.25) is 9.52 Å². The molecule has 2 aromatic rings. The van der Waals surface area contributed by atoms with E-state index < -0.39 is 10.0 Å². The molecule has 1 aliphatic rings. The molecular weight excluding hydrogens is 398 g/mol. The molecule has 1 heterocycles. The Bertz CT molecular complexity index is 966. The number of nitrogens with zero attached hydrogens (tertiary/aromatic N) is 1. The maximum atomic E-state index is 12.9. The SMILES string of the molecule is CC(C)CNC(=O)c1cc(NS(=O)(=O)c2ccccc2)ccc1N1CCC(C)CC1. The molecule has 0 saturated carbocycles. The summed E-state index contributed by atoms with van der Waals surface area (Å²) in [7, 11) is -3.72. The molecule has 0 atom stereocenters. The van der Waals surface area contributed by atoms with Crippen LogP contribution < -0.4 is 14.9 Å². The number of carbonyl (C=O) groups is 1. The number of anilines is 2. The second kappa shape index (κ2) is 9.51. The smallest absolute Gasteiger partial charge is 0.261 e. The van der Waals surface area contributed by atoms with Crippen molar-refractivity contribution in [1.82, 2.24) is 5.32 Å². The van der Waals surface area contributed by atoms with Gasteiger partial charge in [0.1, 0.15) is 0 Å². The van der Waals surface area contributed by atoms with Gasteiger partial charge in [-0.25, -0.2) is 8.42 Å². The summed E-state index contributed by atoms with van der Waals surface area (Å²) in [5, 5.41) is 2.97. The lowest BCUT2D eigenvalue weighted by Gasteiger charge is -2.33. The molecule has 0 bridgehead atoms. The van der Waals surface area contributed by atoms with Crippen LogP contribution in [0.4, 0.5) is 11.4 Å². The van der Waals surface area contributed by atoms with Crippen LogP contribution in [0.25, 0.3) is 0 Å². The Morgan fingerprint density at radius 2 is 1.77 bits per heavy atom. The normalized spacial score (nSPS) is 15.3. The lowest BCUT2D eigenvalue weighted by Crippen LogP contribution is -2.35. The van der Waals surface area contributed by atoms with Crippen LogP contribution in [0.2, 0.25) is 0 Å². The van der Waals surface area contributed by atoms with E-state index in [1.165, 1.54) is 0 Å². The number of carbonyl (C=O) groups excluding carboxylic acids is 1. The molecule has 0 aliphatic carbocycles. The van der Waals surface area contributed by atoms with Crippen molar-refractivity contribution < 1.29 is 13.2 Å². The van der Waals surface area contributed by atoms with Crippen LogP contribution in [0.15, 0.2) is 53.4 Å². The van der Waals surface area contributed by atoms with Crippen LogP contribution in [0.1, 0.15) is 44.0 Å². The number of hydrogen-bond donors (Lipinski definition) is 2. The lowest BCUT2D eigenvalue weighted by atomic mass is 9.98. The molecule has 0 aromatic heterocycles. The largest absolute Gasteiger partial charge is 0.371 e. The van der Waals surface area contributed by atoms with Crippen LogP contribution in [0.3, 0.4) is 0 Å². The van der Waals surface area contributed by atoms with Crippen molar-refractivity contribution in [2.75, 3.05) is 29.3 Å². The maximum Gasteiger partial charge on any atom is 0.261 e. The van der Waals surface area contributed by atoms with Crippen LogP contribution in [0, 0.1) is 11.8 Å². The van der Waals surface area contributed by atoms with Gasteiger partial charge in [0.2, 0.25) is 0 Å². The van der Waals surface area contributed by atoms with E-state index in [0.29, 0.717) is 29.6 Å². The van der Waals surface area contributed by atoms with Crippen molar-refractivity contribution in [2.45, 2.75) is 38.5 Å². The molecule has 3 rings (SSSR count). The van der Waals surface area contributed by atoms with E-state index in [2.05, 4.69) is 21.9 Å². The number of amides is 1. The zero-order valence-electron chi connectivity index (χ0n) is 17.9. The minimum absolute atomic E-state index is 0.182. The van der Waals surface area contributed by atoms with Crippen LogP contribution in [-0.2, 0) is 10.0 Å². The molecule has 1 amide bonds. The molecule has 2 aromatic carbocycles. The highest BCUT2D eigenvalue weighted by Gasteiger charge is 2.23. The summed E-state index contributed by atoms with van der Waals surface area (Å²) in [5.74, 6) is 0.822. The van der Waals surface area contributed by atoms with Crippen molar-refractivity contribution >= 4 is 27.3 Å². The fraction of sp³-hybridized carbons (Fsp3) is 0.435. The molecule has 30 heavy (non-hydrogen) atoms. The minimum Gasteiger partial charge on any atom is -0.371 e. The third kappa shape index (κ3) is 5.53. The Kier molecular flexibility index (Phi) is 7.02. The second-order valence-electron chi connectivity index (χ2n) is 8.42. The van der Waals surface area contributed by atoms with Crippen molar-refractivity contribution in [3.8, 4) is 0 Å². The summed E-state index contributed by atoms with van der Waals surface area (Å²) in [6.45, 7) is 8.67. The van der Waals surface area contributed by atoms with Gasteiger partial charge in [-0.2, -0.15) is 0 Å². The fourth-order valence-corrected chi connectivity index (χ4v) is 4.58. The zero-order valence-corrected chi connectivity index (χ0v) is 18.7. The number of sulfonamides is 1. The van der Waals surface area contributed by atoms with E-state index in [-0.39, 0.29) is 10.8 Å². The van der Waals surface area contributed by atoms with Gasteiger partial charge in [0.15, 0.2) is 0 Å². The Hall–Kier alpha value is -2.54. The summed E-state index contributed by atoms with van der Waals surface area (Å²) in [5.41, 5.74) is 1.73. The highest BCUT2D eigenvalue weighted by molar-refractivity contribution is 7.92. The van der Waals surface area contributed by atoms with Gasteiger partial charge in [0.25, 0.3) is 15.9 Å². The highest BCUT2D eigenvalue weighted by atomic mass is 32.2. The van der Waals surface area contributed by atoms with Crippen molar-refractivity contribution in [3.63, 3.8) is 0 Å². The quantitative estimate of drug-likeness (QED) is 0.694. The van der Waals surface area contributed by atoms with Crippen LogP contribution >= 0.6 is 0 Å². The molecule has 2 N–H and O–H groups in total. The van der Waals surface area contributed by atoms with Crippen LogP contribution in [0.5, 0.6) is 0 Å². The third-order valence-electron chi connectivity index (χ3n) is 5.34. The topological polar surface area (TPSA) is 78.5 Å². The first-order valence-corrected chi connectivity index (χ1v) is 12.0. The number of benzene rings is 2. The summed E-state index contributed by atoms with van der Waals surface area (Å²) in [4.78, 5) is 15.4. The van der Waals surface area contributed by atoms with Crippen molar-refractivity contribution in [1.29, 1.82) is 0 Å². The van der Waals surface area contributed by atoms with E-state index in [1.54, 1.807) is 42.5 Å². The van der Waals surface area contributed by atoms with Gasteiger partial charge < -0.3 is 10.2 Å². The molecule has 162 valence electrons. The van der Waals surface area contributed by atoms with Crippen molar-refractivity contribution in [2.24, 2.45) is 11.8 Å². The van der Waals surface area contributed by atoms with Gasteiger partial charge in [0.05, 0.1) is 10.5 Å².